The average Bonchev–Trinajstić information content (AvgIpc) is 3.04. The van der Waals surface area contributed by atoms with Crippen molar-refractivity contribution < 1.29 is 50.9 Å². The van der Waals surface area contributed by atoms with Crippen LogP contribution in [-0.2, 0) is 20.9 Å². The first kappa shape index (κ1) is 27.1. The Morgan fingerprint density at radius 2 is 1.41 bits per heavy atom. The number of carboxylic acids is 2. The number of carbonyl (C=O) groups excluding carboxylic acids is 1. The molecule has 14 heteroatoms. The summed E-state index contributed by atoms with van der Waals surface area (Å²) in [5.41, 5.74) is 1.26. The molecule has 2 fully saturated rings. The third kappa shape index (κ3) is 8.69. The van der Waals surface area contributed by atoms with E-state index in [1.54, 1.807) is 0 Å². The SMILES string of the molecule is O=C(O)C(F)(F)F.O=C(O)C(F)(F)F.O=C1NCCC12CCN(Cc1ccncc1)CC2. The Bertz CT molecular complexity index is 754. The van der Waals surface area contributed by atoms with Gasteiger partial charge in [-0.05, 0) is 50.0 Å². The number of hydrogen-bond donors (Lipinski definition) is 3. The molecule has 0 radical (unpaired) electrons. The Hall–Kier alpha value is -2.90. The number of amides is 1. The first-order chi connectivity index (χ1) is 14.7. The second kappa shape index (κ2) is 11.1. The van der Waals surface area contributed by atoms with Crippen LogP contribution in [-0.4, -0.2) is 69.9 Å². The minimum atomic E-state index is -5.08. The van der Waals surface area contributed by atoms with Gasteiger partial charge in [0, 0.05) is 25.5 Å². The van der Waals surface area contributed by atoms with Crippen LogP contribution < -0.4 is 5.32 Å². The maximum atomic E-state index is 11.9. The number of halogens is 6. The van der Waals surface area contributed by atoms with Crippen LogP contribution in [0.4, 0.5) is 26.3 Å². The zero-order valence-corrected chi connectivity index (χ0v) is 16.5. The van der Waals surface area contributed by atoms with Crippen molar-refractivity contribution in [3.63, 3.8) is 0 Å². The first-order valence-corrected chi connectivity index (χ1v) is 9.17. The Morgan fingerprint density at radius 3 is 1.75 bits per heavy atom. The van der Waals surface area contributed by atoms with Gasteiger partial charge in [0.25, 0.3) is 0 Å². The Balaban J connectivity index is 0.000000305. The van der Waals surface area contributed by atoms with Gasteiger partial charge in [0.15, 0.2) is 0 Å². The third-order valence-corrected chi connectivity index (χ3v) is 4.82. The van der Waals surface area contributed by atoms with Gasteiger partial charge in [-0.25, -0.2) is 9.59 Å². The summed E-state index contributed by atoms with van der Waals surface area (Å²) in [5.74, 6) is -5.23. The normalized spacial score (nSPS) is 18.0. The highest BCUT2D eigenvalue weighted by Crippen LogP contribution is 2.38. The summed E-state index contributed by atoms with van der Waals surface area (Å²) < 4.78 is 63.5. The van der Waals surface area contributed by atoms with Gasteiger partial charge in [0.2, 0.25) is 5.91 Å². The summed E-state index contributed by atoms with van der Waals surface area (Å²) in [4.78, 5) is 36.1. The van der Waals surface area contributed by atoms with Crippen LogP contribution in [0.1, 0.15) is 24.8 Å². The largest absolute Gasteiger partial charge is 0.490 e. The zero-order valence-electron chi connectivity index (χ0n) is 16.5. The average molecular weight is 473 g/mol. The fourth-order valence-corrected chi connectivity index (χ4v) is 3.08. The maximum Gasteiger partial charge on any atom is 0.490 e. The van der Waals surface area contributed by atoms with Crippen molar-refractivity contribution >= 4 is 17.8 Å². The fraction of sp³-hybridized carbons (Fsp3) is 0.556. The van der Waals surface area contributed by atoms with E-state index in [-0.39, 0.29) is 11.3 Å². The number of carboxylic acid groups (broad SMARTS) is 2. The van der Waals surface area contributed by atoms with Crippen molar-refractivity contribution in [2.45, 2.75) is 38.2 Å². The number of rotatable bonds is 2. The second-order valence-electron chi connectivity index (χ2n) is 7.02. The van der Waals surface area contributed by atoms with E-state index >= 15 is 0 Å². The number of aromatic nitrogens is 1. The van der Waals surface area contributed by atoms with E-state index in [1.807, 2.05) is 12.4 Å². The number of piperidine rings is 1. The minimum absolute atomic E-state index is 0.0469. The monoisotopic (exact) mass is 473 g/mol. The lowest BCUT2D eigenvalue weighted by Gasteiger charge is -2.37. The maximum absolute atomic E-state index is 11.9. The Kier molecular flexibility index (Phi) is 9.42. The highest BCUT2D eigenvalue weighted by atomic mass is 19.4. The molecule has 2 saturated heterocycles. The molecule has 0 unspecified atom stereocenters. The van der Waals surface area contributed by atoms with Crippen molar-refractivity contribution in [3.05, 3.63) is 30.1 Å². The number of nitrogens with zero attached hydrogens (tertiary/aromatic N) is 2. The molecule has 1 spiro atoms. The van der Waals surface area contributed by atoms with Crippen molar-refractivity contribution in [2.75, 3.05) is 19.6 Å². The number of pyridine rings is 1. The van der Waals surface area contributed by atoms with E-state index < -0.39 is 24.3 Å². The summed E-state index contributed by atoms with van der Waals surface area (Å²) >= 11 is 0. The lowest BCUT2D eigenvalue weighted by atomic mass is 9.77. The van der Waals surface area contributed by atoms with Gasteiger partial charge >= 0.3 is 24.3 Å². The van der Waals surface area contributed by atoms with Gasteiger partial charge < -0.3 is 15.5 Å². The molecule has 0 bridgehead atoms. The molecule has 1 amide bonds. The van der Waals surface area contributed by atoms with E-state index in [2.05, 4.69) is 27.3 Å². The van der Waals surface area contributed by atoms with E-state index in [9.17, 15) is 31.1 Å². The van der Waals surface area contributed by atoms with E-state index in [0.717, 1.165) is 45.4 Å². The van der Waals surface area contributed by atoms with Crippen LogP contribution in [0.15, 0.2) is 24.5 Å². The molecule has 1 aromatic rings. The van der Waals surface area contributed by atoms with Gasteiger partial charge in [-0.1, -0.05) is 0 Å². The standard InChI is InChI=1S/C14H19N3O.2C2HF3O2/c18-13-14(3-8-16-13)4-9-17(10-5-14)11-12-1-6-15-7-2-12;2*3-2(4,5)1(6)7/h1-2,6-7H,3-5,8-11H2,(H,16,18);2*(H,6,7). The molecule has 2 aliphatic heterocycles. The number of aliphatic carboxylic acids is 2. The molecule has 180 valence electrons. The minimum Gasteiger partial charge on any atom is -0.475 e. The molecule has 0 atom stereocenters. The highest BCUT2D eigenvalue weighted by molar-refractivity contribution is 5.84. The van der Waals surface area contributed by atoms with Crippen molar-refractivity contribution in [1.82, 2.24) is 15.2 Å². The molecule has 3 heterocycles. The zero-order chi connectivity index (χ0) is 24.6. The van der Waals surface area contributed by atoms with Crippen LogP contribution in [0.5, 0.6) is 0 Å². The van der Waals surface area contributed by atoms with Crippen LogP contribution in [0.25, 0.3) is 0 Å². The number of hydrogen-bond acceptors (Lipinski definition) is 5. The van der Waals surface area contributed by atoms with E-state index in [4.69, 9.17) is 19.8 Å². The summed E-state index contributed by atoms with van der Waals surface area (Å²) in [7, 11) is 0. The van der Waals surface area contributed by atoms with Crippen LogP contribution >= 0.6 is 0 Å². The molecule has 2 aliphatic rings. The Labute approximate surface area is 178 Å². The molecule has 1 aromatic heterocycles. The number of alkyl halides is 6. The molecular weight excluding hydrogens is 452 g/mol. The highest BCUT2D eigenvalue weighted by Gasteiger charge is 2.44. The van der Waals surface area contributed by atoms with Crippen LogP contribution in [0, 0.1) is 5.41 Å². The van der Waals surface area contributed by atoms with Crippen molar-refractivity contribution in [3.8, 4) is 0 Å². The molecule has 8 nitrogen and oxygen atoms in total. The number of likely N-dealkylation sites (tertiary alicyclic amines) is 1. The van der Waals surface area contributed by atoms with E-state index in [0.29, 0.717) is 0 Å². The second-order valence-corrected chi connectivity index (χ2v) is 7.02. The topological polar surface area (TPSA) is 120 Å². The predicted octanol–water partition coefficient (Wildman–Crippen LogP) is 2.45. The predicted molar refractivity (Wildman–Crippen MR) is 96.2 cm³/mol. The molecule has 0 saturated carbocycles. The van der Waals surface area contributed by atoms with Crippen molar-refractivity contribution in [2.24, 2.45) is 5.41 Å². The molecule has 32 heavy (non-hydrogen) atoms. The molecule has 0 aliphatic carbocycles. The summed E-state index contributed by atoms with van der Waals surface area (Å²) in [6.07, 6.45) is -3.46. The van der Waals surface area contributed by atoms with Gasteiger partial charge in [0.05, 0.1) is 5.41 Å². The van der Waals surface area contributed by atoms with Gasteiger partial charge in [-0.15, -0.1) is 0 Å². The van der Waals surface area contributed by atoms with Crippen molar-refractivity contribution in [1.29, 1.82) is 0 Å². The smallest absolute Gasteiger partial charge is 0.475 e. The molecular formula is C18H21F6N3O5. The number of nitrogens with one attached hydrogen (secondary N) is 1. The van der Waals surface area contributed by atoms with Crippen LogP contribution in [0.2, 0.25) is 0 Å². The lowest BCUT2D eigenvalue weighted by Crippen LogP contribution is -2.43. The summed E-state index contributed by atoms with van der Waals surface area (Å²) in [5, 5.41) is 17.2. The first-order valence-electron chi connectivity index (χ1n) is 9.17. The van der Waals surface area contributed by atoms with Gasteiger partial charge in [-0.2, -0.15) is 26.3 Å². The van der Waals surface area contributed by atoms with Crippen LogP contribution in [0.3, 0.4) is 0 Å². The molecule has 0 aromatic carbocycles. The lowest BCUT2D eigenvalue weighted by molar-refractivity contribution is -0.193. The quantitative estimate of drug-likeness (QED) is 0.565. The van der Waals surface area contributed by atoms with Gasteiger partial charge in [0.1, 0.15) is 0 Å². The van der Waals surface area contributed by atoms with Gasteiger partial charge in [-0.3, -0.25) is 14.7 Å². The Morgan fingerprint density at radius 1 is 0.969 bits per heavy atom. The summed E-state index contributed by atoms with van der Waals surface area (Å²) in [6.45, 7) is 3.88. The fourth-order valence-electron chi connectivity index (χ4n) is 3.08. The number of carbonyl (C=O) groups is 3. The molecule has 3 N–H and O–H groups in total. The van der Waals surface area contributed by atoms with E-state index in [1.165, 1.54) is 5.56 Å². The third-order valence-electron chi connectivity index (χ3n) is 4.82. The summed E-state index contributed by atoms with van der Waals surface area (Å²) in [6, 6.07) is 4.12. The molecule has 3 rings (SSSR count).